The summed E-state index contributed by atoms with van der Waals surface area (Å²) in [6.07, 6.45) is 6.09. The topological polar surface area (TPSA) is 115 Å². The number of benzene rings is 1. The lowest BCUT2D eigenvalue weighted by molar-refractivity contribution is -0.384. The Morgan fingerprint density at radius 3 is 2.88 bits per heavy atom. The average molecular weight is 350 g/mol. The second-order valence-electron chi connectivity index (χ2n) is 5.38. The highest BCUT2D eigenvalue weighted by Gasteiger charge is 2.09. The Kier molecular flexibility index (Phi) is 4.84. The summed E-state index contributed by atoms with van der Waals surface area (Å²) in [4.78, 5) is 22.6. The van der Waals surface area contributed by atoms with E-state index in [1.165, 1.54) is 24.4 Å². The Morgan fingerprint density at radius 1 is 1.27 bits per heavy atom. The van der Waals surface area contributed by atoms with Gasteiger partial charge in [0.2, 0.25) is 5.89 Å². The van der Waals surface area contributed by atoms with Crippen molar-refractivity contribution in [3.63, 3.8) is 0 Å². The minimum absolute atomic E-state index is 0.0131. The molecule has 1 aromatic carbocycles. The minimum atomic E-state index is -0.470. The first-order valence-corrected chi connectivity index (χ1v) is 7.60. The molecule has 3 aromatic rings. The normalized spacial score (nSPS) is 11.4. The number of aliphatic imine (C=N–C) groups is 1. The highest BCUT2D eigenvalue weighted by atomic mass is 16.6. The van der Waals surface area contributed by atoms with Gasteiger partial charge < -0.3 is 9.52 Å². The van der Waals surface area contributed by atoms with Gasteiger partial charge in [0.15, 0.2) is 11.5 Å². The number of hydrogen-bond donors (Lipinski definition) is 1. The van der Waals surface area contributed by atoms with Crippen molar-refractivity contribution in [2.75, 3.05) is 0 Å². The van der Waals surface area contributed by atoms with E-state index < -0.39 is 4.92 Å². The lowest BCUT2D eigenvalue weighted by atomic mass is 10.2. The first-order valence-electron chi connectivity index (χ1n) is 7.60. The van der Waals surface area contributed by atoms with Crippen molar-refractivity contribution in [3.8, 4) is 5.95 Å². The molecule has 1 N–H and O–H groups in total. The van der Waals surface area contributed by atoms with Crippen LogP contribution in [0.3, 0.4) is 0 Å². The van der Waals surface area contributed by atoms with Crippen LogP contribution in [0.1, 0.15) is 22.7 Å². The second kappa shape index (κ2) is 7.39. The summed E-state index contributed by atoms with van der Waals surface area (Å²) in [7, 11) is 0. The Hall–Kier alpha value is -3.81. The Labute approximate surface area is 148 Å². The van der Waals surface area contributed by atoms with E-state index in [1.807, 2.05) is 13.0 Å². The molecule has 0 fully saturated rings. The fourth-order valence-electron chi connectivity index (χ4n) is 2.12. The monoisotopic (exact) mass is 350 g/mol. The lowest BCUT2D eigenvalue weighted by Crippen LogP contribution is -1.87. The average Bonchev–Trinajstić information content (AvgIpc) is 2.98. The van der Waals surface area contributed by atoms with Crippen LogP contribution in [0, 0.1) is 17.0 Å². The van der Waals surface area contributed by atoms with E-state index in [1.54, 1.807) is 30.5 Å². The number of oxazole rings is 1. The van der Waals surface area contributed by atoms with Gasteiger partial charge >= 0.3 is 5.95 Å². The maximum absolute atomic E-state index is 10.8. The molecule has 0 unspecified atom stereocenters. The van der Waals surface area contributed by atoms with Crippen molar-refractivity contribution in [3.05, 3.63) is 75.4 Å². The van der Waals surface area contributed by atoms with Crippen molar-refractivity contribution in [1.82, 2.24) is 9.97 Å². The summed E-state index contributed by atoms with van der Waals surface area (Å²) in [5.41, 5.74) is 1.76. The summed E-state index contributed by atoms with van der Waals surface area (Å²) in [5, 5.41) is 20.6. The van der Waals surface area contributed by atoms with Crippen molar-refractivity contribution < 1.29 is 14.4 Å². The van der Waals surface area contributed by atoms with Crippen LogP contribution in [0.4, 0.5) is 11.5 Å². The number of pyridine rings is 1. The number of aromatic nitrogens is 2. The fourth-order valence-corrected chi connectivity index (χ4v) is 2.12. The van der Waals surface area contributed by atoms with Crippen LogP contribution in [-0.2, 0) is 0 Å². The summed E-state index contributed by atoms with van der Waals surface area (Å²) in [6.45, 7) is 1.92. The molecular formula is C18H14N4O4. The molecule has 130 valence electrons. The summed E-state index contributed by atoms with van der Waals surface area (Å²) < 4.78 is 5.14. The van der Waals surface area contributed by atoms with Gasteiger partial charge in [0.05, 0.1) is 11.1 Å². The van der Waals surface area contributed by atoms with Crippen LogP contribution < -0.4 is 0 Å². The number of non-ortho nitro benzene ring substituents is 1. The molecule has 0 aliphatic heterocycles. The summed E-state index contributed by atoms with van der Waals surface area (Å²) in [5.74, 6) is 0.258. The van der Waals surface area contributed by atoms with Crippen molar-refractivity contribution in [1.29, 1.82) is 0 Å². The largest absolute Gasteiger partial charge is 0.479 e. The van der Waals surface area contributed by atoms with Crippen LogP contribution >= 0.6 is 0 Å². The summed E-state index contributed by atoms with van der Waals surface area (Å²) >= 11 is 0. The van der Waals surface area contributed by atoms with E-state index in [2.05, 4.69) is 15.0 Å². The molecule has 0 saturated heterocycles. The van der Waals surface area contributed by atoms with E-state index in [0.717, 1.165) is 5.56 Å². The number of nitro groups is 1. The molecule has 2 aromatic heterocycles. The maximum atomic E-state index is 10.8. The standard InChI is InChI=1S/C18H14N4O4/c1-12-7-8-19-16(9-12)20-11-15-18(23)26-17(21-15)6-5-13-3-2-4-14(10-13)22(24)25/h2-11,23H,1H3/b6-5+,20-11?. The van der Waals surface area contributed by atoms with Gasteiger partial charge in [0, 0.05) is 24.4 Å². The van der Waals surface area contributed by atoms with E-state index in [0.29, 0.717) is 11.4 Å². The summed E-state index contributed by atoms with van der Waals surface area (Å²) in [6, 6.07) is 9.75. The van der Waals surface area contributed by atoms with Crippen LogP contribution in [0.15, 0.2) is 52.0 Å². The molecule has 8 nitrogen and oxygen atoms in total. The van der Waals surface area contributed by atoms with E-state index >= 15 is 0 Å². The molecule has 2 heterocycles. The molecule has 26 heavy (non-hydrogen) atoms. The van der Waals surface area contributed by atoms with E-state index in [9.17, 15) is 15.2 Å². The molecule has 0 radical (unpaired) electrons. The predicted molar refractivity (Wildman–Crippen MR) is 96.4 cm³/mol. The first-order chi connectivity index (χ1) is 12.5. The van der Waals surface area contributed by atoms with Gasteiger partial charge in [-0.2, -0.15) is 0 Å². The molecule has 0 atom stereocenters. The molecule has 0 spiro atoms. The van der Waals surface area contributed by atoms with Crippen LogP contribution in [0.25, 0.3) is 12.2 Å². The number of aromatic hydroxyl groups is 1. The van der Waals surface area contributed by atoms with Crippen LogP contribution in [-0.4, -0.2) is 26.2 Å². The zero-order chi connectivity index (χ0) is 18.5. The number of aryl methyl sites for hydroxylation is 1. The quantitative estimate of drug-likeness (QED) is 0.424. The second-order valence-corrected chi connectivity index (χ2v) is 5.38. The van der Waals surface area contributed by atoms with Gasteiger partial charge in [-0.15, -0.1) is 0 Å². The molecule has 0 amide bonds. The zero-order valence-corrected chi connectivity index (χ0v) is 13.7. The molecule has 0 aliphatic rings. The number of hydrogen-bond acceptors (Lipinski definition) is 7. The van der Waals surface area contributed by atoms with Crippen molar-refractivity contribution >= 4 is 29.9 Å². The van der Waals surface area contributed by atoms with Gasteiger partial charge in [-0.3, -0.25) is 10.1 Å². The number of rotatable bonds is 5. The third-order valence-corrected chi connectivity index (χ3v) is 3.37. The van der Waals surface area contributed by atoms with Gasteiger partial charge in [-0.05, 0) is 36.3 Å². The van der Waals surface area contributed by atoms with Crippen LogP contribution in [0.5, 0.6) is 5.95 Å². The molecule has 8 heteroatoms. The highest BCUT2D eigenvalue weighted by Crippen LogP contribution is 2.20. The fraction of sp³-hybridized carbons (Fsp3) is 0.0556. The first kappa shape index (κ1) is 17.0. The predicted octanol–water partition coefficient (Wildman–Crippen LogP) is 3.91. The lowest BCUT2D eigenvalue weighted by Gasteiger charge is -1.93. The smallest absolute Gasteiger partial charge is 0.312 e. The van der Waals surface area contributed by atoms with Crippen molar-refractivity contribution in [2.24, 2.45) is 4.99 Å². The molecular weight excluding hydrogens is 336 g/mol. The SMILES string of the molecule is Cc1ccnc(N=Cc2nc(/C=C/c3cccc([N+](=O)[O-])c3)oc2O)c1. The highest BCUT2D eigenvalue weighted by molar-refractivity contribution is 5.82. The molecule has 0 saturated carbocycles. The third kappa shape index (κ3) is 4.18. The van der Waals surface area contributed by atoms with Gasteiger partial charge in [-0.1, -0.05) is 12.1 Å². The van der Waals surface area contributed by atoms with Crippen LogP contribution in [0.2, 0.25) is 0 Å². The molecule has 0 bridgehead atoms. The minimum Gasteiger partial charge on any atom is -0.479 e. The maximum Gasteiger partial charge on any atom is 0.312 e. The van der Waals surface area contributed by atoms with Gasteiger partial charge in [-0.25, -0.2) is 15.0 Å². The number of nitro benzene ring substituents is 1. The van der Waals surface area contributed by atoms with Gasteiger partial charge in [0.1, 0.15) is 0 Å². The van der Waals surface area contributed by atoms with E-state index in [4.69, 9.17) is 4.42 Å². The third-order valence-electron chi connectivity index (χ3n) is 3.37. The van der Waals surface area contributed by atoms with Gasteiger partial charge in [0.25, 0.3) is 5.69 Å². The molecule has 0 aliphatic carbocycles. The zero-order valence-electron chi connectivity index (χ0n) is 13.7. The Bertz CT molecular complexity index is 1010. The van der Waals surface area contributed by atoms with Crippen molar-refractivity contribution in [2.45, 2.75) is 6.92 Å². The van der Waals surface area contributed by atoms with E-state index in [-0.39, 0.29) is 23.2 Å². The molecule has 3 rings (SSSR count). The Balaban J connectivity index is 1.77. The Morgan fingerprint density at radius 2 is 2.12 bits per heavy atom. The number of nitrogens with zero attached hydrogens (tertiary/aromatic N) is 4.